The topological polar surface area (TPSA) is 93.3 Å². The van der Waals surface area contributed by atoms with Crippen LogP contribution >= 0.6 is 0 Å². The Morgan fingerprint density at radius 2 is 1.97 bits per heavy atom. The van der Waals surface area contributed by atoms with Crippen molar-refractivity contribution in [3.05, 3.63) is 18.0 Å². The molecule has 12 heteroatoms. The monoisotopic (exact) mass is 413 g/mol. The van der Waals surface area contributed by atoms with Gasteiger partial charge in [-0.15, -0.1) is 0 Å². The van der Waals surface area contributed by atoms with Crippen LogP contribution in [0.3, 0.4) is 0 Å². The minimum absolute atomic E-state index is 0.00155. The van der Waals surface area contributed by atoms with Crippen molar-refractivity contribution in [1.29, 1.82) is 0 Å². The van der Waals surface area contributed by atoms with Crippen LogP contribution in [0.1, 0.15) is 12.6 Å². The van der Waals surface area contributed by atoms with Gasteiger partial charge in [0.1, 0.15) is 12.0 Å². The number of hydrogen-bond acceptors (Lipinski definition) is 8. The standard InChI is InChI=1S/C17H19F4N7O/c1-9-8-29-3-2-28(9)16-24-12(4-13(25-16)27-6-10(18)7-27)11-5-23-15(22)26-14(11)17(19,20)21/h4-5,9-10H,2-3,6-8H2,1H3,(H2,22,23,26)/t9-/m1/s1. The summed E-state index contributed by atoms with van der Waals surface area (Å²) in [5.74, 6) is 0.114. The molecule has 0 aromatic carbocycles. The Bertz CT molecular complexity index is 904. The van der Waals surface area contributed by atoms with Crippen molar-refractivity contribution < 1.29 is 22.3 Å². The number of halogens is 4. The summed E-state index contributed by atoms with van der Waals surface area (Å²) in [5, 5.41) is 0. The fraction of sp³-hybridized carbons (Fsp3) is 0.529. The van der Waals surface area contributed by atoms with E-state index < -0.39 is 24.0 Å². The first-order chi connectivity index (χ1) is 13.7. The van der Waals surface area contributed by atoms with Crippen molar-refractivity contribution in [2.24, 2.45) is 0 Å². The number of hydrogen-bond donors (Lipinski definition) is 1. The molecule has 8 nitrogen and oxygen atoms in total. The van der Waals surface area contributed by atoms with E-state index in [0.29, 0.717) is 25.6 Å². The minimum Gasteiger partial charge on any atom is -0.377 e. The maximum atomic E-state index is 13.5. The van der Waals surface area contributed by atoms with Crippen molar-refractivity contribution in [2.75, 3.05) is 48.4 Å². The minimum atomic E-state index is -4.75. The van der Waals surface area contributed by atoms with E-state index in [4.69, 9.17) is 10.5 Å². The van der Waals surface area contributed by atoms with E-state index in [-0.39, 0.29) is 36.3 Å². The van der Waals surface area contributed by atoms with Crippen LogP contribution < -0.4 is 15.5 Å². The summed E-state index contributed by atoms with van der Waals surface area (Å²) in [6, 6.07) is 1.33. The summed E-state index contributed by atoms with van der Waals surface area (Å²) in [4.78, 5) is 19.4. The lowest BCUT2D eigenvalue weighted by molar-refractivity contribution is -0.140. The largest absolute Gasteiger partial charge is 0.434 e. The molecule has 0 amide bonds. The van der Waals surface area contributed by atoms with Crippen LogP contribution in [0, 0.1) is 0 Å². The van der Waals surface area contributed by atoms with Gasteiger partial charge in [0, 0.05) is 24.4 Å². The molecule has 2 aliphatic rings. The van der Waals surface area contributed by atoms with Gasteiger partial charge in [0.15, 0.2) is 5.69 Å². The predicted octanol–water partition coefficient (Wildman–Crippen LogP) is 1.92. The molecule has 2 aromatic rings. The lowest BCUT2D eigenvalue weighted by Gasteiger charge is -2.37. The van der Waals surface area contributed by atoms with Crippen molar-refractivity contribution in [3.63, 3.8) is 0 Å². The lowest BCUT2D eigenvalue weighted by Crippen LogP contribution is -2.49. The Hall–Kier alpha value is -2.76. The van der Waals surface area contributed by atoms with Crippen LogP contribution in [0.4, 0.5) is 35.3 Å². The second-order valence-electron chi connectivity index (χ2n) is 7.02. The fourth-order valence-corrected chi connectivity index (χ4v) is 3.29. The van der Waals surface area contributed by atoms with Crippen LogP contribution in [-0.4, -0.2) is 65.0 Å². The molecule has 0 bridgehead atoms. The molecule has 4 heterocycles. The molecule has 0 spiro atoms. The fourth-order valence-electron chi connectivity index (χ4n) is 3.29. The number of alkyl halides is 4. The maximum Gasteiger partial charge on any atom is 0.434 e. The number of nitrogens with zero attached hydrogens (tertiary/aromatic N) is 6. The van der Waals surface area contributed by atoms with Gasteiger partial charge in [-0.3, -0.25) is 0 Å². The van der Waals surface area contributed by atoms with E-state index in [1.807, 2.05) is 11.8 Å². The third-order valence-electron chi connectivity index (χ3n) is 4.84. The van der Waals surface area contributed by atoms with Gasteiger partial charge < -0.3 is 20.3 Å². The average Bonchev–Trinajstić information content (AvgIpc) is 2.65. The zero-order valence-electron chi connectivity index (χ0n) is 15.5. The van der Waals surface area contributed by atoms with E-state index in [2.05, 4.69) is 19.9 Å². The smallest absolute Gasteiger partial charge is 0.377 e. The summed E-state index contributed by atoms with van der Waals surface area (Å²) >= 11 is 0. The van der Waals surface area contributed by atoms with Gasteiger partial charge in [-0.2, -0.15) is 18.2 Å². The molecule has 2 saturated heterocycles. The van der Waals surface area contributed by atoms with E-state index in [0.717, 1.165) is 6.20 Å². The third kappa shape index (κ3) is 3.88. The summed E-state index contributed by atoms with van der Waals surface area (Å²) in [6.07, 6.45) is -4.74. The highest BCUT2D eigenvalue weighted by Gasteiger charge is 2.38. The Morgan fingerprint density at radius 3 is 2.62 bits per heavy atom. The van der Waals surface area contributed by atoms with E-state index >= 15 is 0 Å². The average molecular weight is 413 g/mol. The SMILES string of the molecule is C[C@@H]1COCCN1c1nc(-c2cnc(N)nc2C(F)(F)F)cc(N2CC(F)C2)n1. The van der Waals surface area contributed by atoms with Crippen LogP contribution in [-0.2, 0) is 10.9 Å². The number of nitrogens with two attached hydrogens (primary N) is 1. The molecular weight excluding hydrogens is 394 g/mol. The Morgan fingerprint density at radius 1 is 1.21 bits per heavy atom. The summed E-state index contributed by atoms with van der Waals surface area (Å²) in [6.45, 7) is 3.53. The zero-order chi connectivity index (χ0) is 20.8. The number of morpholine rings is 1. The first-order valence-corrected chi connectivity index (χ1v) is 9.05. The predicted molar refractivity (Wildman–Crippen MR) is 97.2 cm³/mol. The molecule has 1 atom stereocenters. The second-order valence-corrected chi connectivity index (χ2v) is 7.02. The van der Waals surface area contributed by atoms with Crippen LogP contribution in [0.25, 0.3) is 11.3 Å². The van der Waals surface area contributed by atoms with Crippen molar-refractivity contribution >= 4 is 17.7 Å². The first kappa shape index (κ1) is 19.6. The number of aromatic nitrogens is 4. The van der Waals surface area contributed by atoms with Gasteiger partial charge in [-0.1, -0.05) is 0 Å². The van der Waals surface area contributed by atoms with Crippen LogP contribution in [0.2, 0.25) is 0 Å². The molecule has 29 heavy (non-hydrogen) atoms. The summed E-state index contributed by atoms with van der Waals surface area (Å²) in [7, 11) is 0. The normalized spacial score (nSPS) is 20.7. The molecule has 4 rings (SSSR count). The molecule has 2 N–H and O–H groups in total. The lowest BCUT2D eigenvalue weighted by atomic mass is 10.1. The quantitative estimate of drug-likeness (QED) is 0.763. The van der Waals surface area contributed by atoms with Crippen molar-refractivity contribution in [1.82, 2.24) is 19.9 Å². The van der Waals surface area contributed by atoms with E-state index in [9.17, 15) is 17.6 Å². The second kappa shape index (κ2) is 7.25. The third-order valence-corrected chi connectivity index (χ3v) is 4.84. The highest BCUT2D eigenvalue weighted by molar-refractivity contribution is 5.68. The van der Waals surface area contributed by atoms with Gasteiger partial charge in [0.05, 0.1) is 38.0 Å². The van der Waals surface area contributed by atoms with Gasteiger partial charge in [0.25, 0.3) is 0 Å². The van der Waals surface area contributed by atoms with E-state index in [1.54, 1.807) is 4.90 Å². The van der Waals surface area contributed by atoms with Gasteiger partial charge >= 0.3 is 6.18 Å². The molecule has 0 unspecified atom stereocenters. The molecule has 2 aliphatic heterocycles. The van der Waals surface area contributed by atoms with Crippen LogP contribution in [0.15, 0.2) is 12.3 Å². The molecule has 0 radical (unpaired) electrons. The Kier molecular flexibility index (Phi) is 4.89. The van der Waals surface area contributed by atoms with Crippen LogP contribution in [0.5, 0.6) is 0 Å². The zero-order valence-corrected chi connectivity index (χ0v) is 15.5. The molecule has 2 aromatic heterocycles. The van der Waals surface area contributed by atoms with Gasteiger partial charge in [-0.25, -0.2) is 19.3 Å². The van der Waals surface area contributed by atoms with Gasteiger partial charge in [-0.05, 0) is 6.92 Å². The van der Waals surface area contributed by atoms with Crippen molar-refractivity contribution in [3.8, 4) is 11.3 Å². The molecular formula is C17H19F4N7O. The number of rotatable bonds is 3. The summed E-state index contributed by atoms with van der Waals surface area (Å²) in [5.41, 5.74) is 3.87. The Balaban J connectivity index is 1.83. The number of ether oxygens (including phenoxy) is 1. The van der Waals surface area contributed by atoms with Crippen molar-refractivity contribution in [2.45, 2.75) is 25.3 Å². The maximum absolute atomic E-state index is 13.5. The molecule has 156 valence electrons. The summed E-state index contributed by atoms with van der Waals surface area (Å²) < 4.78 is 59.4. The Labute approximate surface area is 163 Å². The highest BCUT2D eigenvalue weighted by atomic mass is 19.4. The number of anilines is 3. The van der Waals surface area contributed by atoms with E-state index in [1.165, 1.54) is 6.07 Å². The molecule has 0 saturated carbocycles. The molecule has 2 fully saturated rings. The number of nitrogen functional groups attached to an aromatic ring is 1. The molecule has 0 aliphatic carbocycles. The van der Waals surface area contributed by atoms with Gasteiger partial charge in [0.2, 0.25) is 11.9 Å². The highest BCUT2D eigenvalue weighted by Crippen LogP contribution is 2.37. The first-order valence-electron chi connectivity index (χ1n) is 9.05.